The quantitative estimate of drug-likeness (QED) is 0.763. The van der Waals surface area contributed by atoms with Crippen LogP contribution in [0.3, 0.4) is 0 Å². The standard InChI is InChI=1S/C11H16N2O4/c1-11(2,10(15)16)5-9(14)13-3-4-17-8(6-12)7-13/h8H,3-5,7H2,1-2H3,(H,15,16). The van der Waals surface area contributed by atoms with Crippen molar-refractivity contribution >= 4 is 11.9 Å². The maximum atomic E-state index is 11.9. The molecule has 1 saturated heterocycles. The number of carboxylic acids is 1. The number of ether oxygens (including phenoxy) is 1. The van der Waals surface area contributed by atoms with Gasteiger partial charge in [0.25, 0.3) is 0 Å². The normalized spacial score (nSPS) is 20.8. The van der Waals surface area contributed by atoms with Crippen LogP contribution in [0.2, 0.25) is 0 Å². The van der Waals surface area contributed by atoms with Gasteiger partial charge in [-0.3, -0.25) is 9.59 Å². The molecule has 0 spiro atoms. The monoisotopic (exact) mass is 240 g/mol. The molecule has 1 atom stereocenters. The lowest BCUT2D eigenvalue weighted by Crippen LogP contribution is -2.46. The molecule has 1 aliphatic heterocycles. The highest BCUT2D eigenvalue weighted by Crippen LogP contribution is 2.22. The van der Waals surface area contributed by atoms with Crippen molar-refractivity contribution in [1.29, 1.82) is 5.26 Å². The number of aliphatic carboxylic acids is 1. The molecule has 1 rings (SSSR count). The molecular formula is C11H16N2O4. The zero-order valence-electron chi connectivity index (χ0n) is 9.97. The summed E-state index contributed by atoms with van der Waals surface area (Å²) in [6.45, 7) is 3.96. The number of hydrogen-bond acceptors (Lipinski definition) is 4. The zero-order chi connectivity index (χ0) is 13.1. The van der Waals surface area contributed by atoms with Crippen LogP contribution in [0.4, 0.5) is 0 Å². The fourth-order valence-electron chi connectivity index (χ4n) is 1.52. The summed E-state index contributed by atoms with van der Waals surface area (Å²) in [7, 11) is 0. The second kappa shape index (κ2) is 5.15. The molecule has 6 nitrogen and oxygen atoms in total. The van der Waals surface area contributed by atoms with Crippen molar-refractivity contribution in [1.82, 2.24) is 4.90 Å². The number of hydrogen-bond donors (Lipinski definition) is 1. The highest BCUT2D eigenvalue weighted by Gasteiger charge is 2.33. The SMILES string of the molecule is CC(C)(CC(=O)N1CCOC(C#N)C1)C(=O)O. The molecule has 17 heavy (non-hydrogen) atoms. The summed E-state index contributed by atoms with van der Waals surface area (Å²) in [6, 6.07) is 1.94. The number of rotatable bonds is 3. The van der Waals surface area contributed by atoms with E-state index in [4.69, 9.17) is 15.1 Å². The van der Waals surface area contributed by atoms with E-state index in [1.165, 1.54) is 18.7 Å². The third kappa shape index (κ3) is 3.43. The molecule has 94 valence electrons. The Labute approximate surface area is 99.8 Å². The van der Waals surface area contributed by atoms with Gasteiger partial charge in [0, 0.05) is 13.0 Å². The molecule has 0 radical (unpaired) electrons. The van der Waals surface area contributed by atoms with E-state index >= 15 is 0 Å². The number of carbonyl (C=O) groups excluding carboxylic acids is 1. The topological polar surface area (TPSA) is 90.6 Å². The van der Waals surface area contributed by atoms with Crippen LogP contribution in [-0.4, -0.2) is 47.7 Å². The minimum absolute atomic E-state index is 0.0690. The third-order valence-electron chi connectivity index (χ3n) is 2.74. The van der Waals surface area contributed by atoms with E-state index in [0.717, 1.165) is 0 Å². The largest absolute Gasteiger partial charge is 0.481 e. The molecule has 0 saturated carbocycles. The van der Waals surface area contributed by atoms with Crippen LogP contribution >= 0.6 is 0 Å². The Bertz CT molecular complexity index is 359. The first-order valence-electron chi connectivity index (χ1n) is 5.39. The van der Waals surface area contributed by atoms with Gasteiger partial charge >= 0.3 is 5.97 Å². The molecule has 0 aliphatic carbocycles. The minimum atomic E-state index is -1.09. The van der Waals surface area contributed by atoms with E-state index in [-0.39, 0.29) is 18.9 Å². The number of morpholine rings is 1. The predicted molar refractivity (Wildman–Crippen MR) is 58.0 cm³/mol. The Kier molecular flexibility index (Phi) is 4.07. The summed E-state index contributed by atoms with van der Waals surface area (Å²) >= 11 is 0. The van der Waals surface area contributed by atoms with Gasteiger partial charge in [-0.1, -0.05) is 0 Å². The highest BCUT2D eigenvalue weighted by molar-refractivity contribution is 5.84. The molecule has 0 bridgehead atoms. The van der Waals surface area contributed by atoms with Crippen molar-refractivity contribution in [3.8, 4) is 6.07 Å². The van der Waals surface area contributed by atoms with Crippen LogP contribution in [0.1, 0.15) is 20.3 Å². The van der Waals surface area contributed by atoms with Crippen LogP contribution < -0.4 is 0 Å². The Hall–Kier alpha value is -1.61. The average Bonchev–Trinajstić information content (AvgIpc) is 2.28. The molecule has 6 heteroatoms. The minimum Gasteiger partial charge on any atom is -0.481 e. The molecule has 1 unspecified atom stereocenters. The Balaban J connectivity index is 2.59. The van der Waals surface area contributed by atoms with Crippen molar-refractivity contribution < 1.29 is 19.4 Å². The van der Waals surface area contributed by atoms with Crippen LogP contribution in [-0.2, 0) is 14.3 Å². The van der Waals surface area contributed by atoms with Gasteiger partial charge in [0.2, 0.25) is 5.91 Å². The average molecular weight is 240 g/mol. The smallest absolute Gasteiger partial charge is 0.309 e. The first-order valence-corrected chi connectivity index (χ1v) is 5.39. The predicted octanol–water partition coefficient (Wildman–Crippen LogP) is 0.238. The number of carboxylic acid groups (broad SMARTS) is 1. The lowest BCUT2D eigenvalue weighted by atomic mass is 9.89. The van der Waals surface area contributed by atoms with E-state index < -0.39 is 17.5 Å². The first kappa shape index (κ1) is 13.5. The molecule has 1 heterocycles. The van der Waals surface area contributed by atoms with Crippen LogP contribution in [0.25, 0.3) is 0 Å². The third-order valence-corrected chi connectivity index (χ3v) is 2.74. The summed E-state index contributed by atoms with van der Waals surface area (Å²) in [4.78, 5) is 24.3. The molecule has 0 aromatic rings. The van der Waals surface area contributed by atoms with E-state index in [2.05, 4.69) is 0 Å². The fraction of sp³-hybridized carbons (Fsp3) is 0.727. The van der Waals surface area contributed by atoms with Crippen LogP contribution in [0.15, 0.2) is 0 Å². The van der Waals surface area contributed by atoms with E-state index in [0.29, 0.717) is 13.2 Å². The number of carbonyl (C=O) groups is 2. The lowest BCUT2D eigenvalue weighted by Gasteiger charge is -2.31. The number of nitriles is 1. The van der Waals surface area contributed by atoms with Crippen LogP contribution in [0, 0.1) is 16.7 Å². The highest BCUT2D eigenvalue weighted by atomic mass is 16.5. The second-order valence-corrected chi connectivity index (χ2v) is 4.69. The van der Waals surface area contributed by atoms with Gasteiger partial charge in [-0.25, -0.2) is 0 Å². The van der Waals surface area contributed by atoms with Gasteiger partial charge in [0.1, 0.15) is 0 Å². The van der Waals surface area contributed by atoms with Gasteiger partial charge in [-0.2, -0.15) is 5.26 Å². The van der Waals surface area contributed by atoms with Crippen molar-refractivity contribution in [3.63, 3.8) is 0 Å². The van der Waals surface area contributed by atoms with Gasteiger partial charge in [0.15, 0.2) is 6.10 Å². The fourth-order valence-corrected chi connectivity index (χ4v) is 1.52. The summed E-state index contributed by atoms with van der Waals surface area (Å²) in [6.07, 6.45) is -0.679. The molecule has 1 N–H and O–H groups in total. The Morgan fingerprint density at radius 2 is 2.24 bits per heavy atom. The molecule has 1 amide bonds. The first-order chi connectivity index (χ1) is 7.86. The number of amides is 1. The molecule has 0 aromatic heterocycles. The second-order valence-electron chi connectivity index (χ2n) is 4.69. The van der Waals surface area contributed by atoms with Crippen LogP contribution in [0.5, 0.6) is 0 Å². The van der Waals surface area contributed by atoms with Gasteiger partial charge < -0.3 is 14.7 Å². The maximum Gasteiger partial charge on any atom is 0.309 e. The summed E-state index contributed by atoms with van der Waals surface area (Å²) < 4.78 is 5.11. The van der Waals surface area contributed by atoms with Crippen molar-refractivity contribution in [2.24, 2.45) is 5.41 Å². The summed E-state index contributed by atoms with van der Waals surface area (Å²) in [5.41, 5.74) is -1.09. The Morgan fingerprint density at radius 1 is 1.59 bits per heavy atom. The van der Waals surface area contributed by atoms with E-state index in [1.54, 1.807) is 0 Å². The molecular weight excluding hydrogens is 224 g/mol. The van der Waals surface area contributed by atoms with Gasteiger partial charge in [0.05, 0.1) is 24.6 Å². The summed E-state index contributed by atoms with van der Waals surface area (Å²) in [5.74, 6) is -1.25. The van der Waals surface area contributed by atoms with Crippen molar-refractivity contribution in [2.75, 3.05) is 19.7 Å². The number of nitrogens with zero attached hydrogens (tertiary/aromatic N) is 2. The van der Waals surface area contributed by atoms with Crippen molar-refractivity contribution in [2.45, 2.75) is 26.4 Å². The van der Waals surface area contributed by atoms with Gasteiger partial charge in [-0.15, -0.1) is 0 Å². The molecule has 0 aromatic carbocycles. The lowest BCUT2D eigenvalue weighted by molar-refractivity contribution is -0.153. The van der Waals surface area contributed by atoms with E-state index in [9.17, 15) is 9.59 Å². The van der Waals surface area contributed by atoms with E-state index in [1.807, 2.05) is 6.07 Å². The van der Waals surface area contributed by atoms with Crippen molar-refractivity contribution in [3.05, 3.63) is 0 Å². The maximum absolute atomic E-state index is 11.9. The Morgan fingerprint density at radius 3 is 2.76 bits per heavy atom. The molecule has 1 fully saturated rings. The summed E-state index contributed by atoms with van der Waals surface area (Å²) in [5, 5.41) is 17.6. The zero-order valence-corrected chi connectivity index (χ0v) is 9.97. The molecule has 1 aliphatic rings. The van der Waals surface area contributed by atoms with Gasteiger partial charge in [-0.05, 0) is 13.8 Å².